The first-order valence-corrected chi connectivity index (χ1v) is 4.69. The number of hydrogen-bond acceptors (Lipinski definition) is 2. The van der Waals surface area contributed by atoms with Gasteiger partial charge in [0.1, 0.15) is 0 Å². The molecule has 0 saturated carbocycles. The normalized spacial score (nSPS) is 11.7. The molecule has 0 aliphatic carbocycles. The zero-order chi connectivity index (χ0) is 10.1. The van der Waals surface area contributed by atoms with Crippen molar-refractivity contribution in [2.45, 2.75) is 27.2 Å². The van der Waals surface area contributed by atoms with Gasteiger partial charge in [0.2, 0.25) is 0 Å². The molecule has 0 aromatic carbocycles. The molecule has 0 aliphatic heterocycles. The van der Waals surface area contributed by atoms with Crippen molar-refractivity contribution < 1.29 is 0 Å². The van der Waals surface area contributed by atoms with Crippen molar-refractivity contribution in [3.63, 3.8) is 0 Å². The Morgan fingerprint density at radius 2 is 2.00 bits per heavy atom. The van der Waals surface area contributed by atoms with E-state index in [1.165, 1.54) is 0 Å². The predicted octanol–water partition coefficient (Wildman–Crippen LogP) is 2.70. The van der Waals surface area contributed by atoms with Crippen LogP contribution in [0, 0.1) is 11.3 Å². The summed E-state index contributed by atoms with van der Waals surface area (Å²) >= 11 is 0. The molecule has 0 spiro atoms. The fourth-order valence-corrected chi connectivity index (χ4v) is 0.947. The molecule has 2 nitrogen and oxygen atoms in total. The molecule has 0 bridgehead atoms. The Labute approximate surface area is 81.2 Å². The van der Waals surface area contributed by atoms with Crippen LogP contribution in [-0.2, 0) is 0 Å². The second-order valence-electron chi connectivity index (χ2n) is 2.91. The third kappa shape index (κ3) is 5.98. The molecular formula is C11H18N2. The Bertz CT molecular complexity index is 217. The van der Waals surface area contributed by atoms with Crippen LogP contribution in [0.1, 0.15) is 27.2 Å². The smallest absolute Gasteiger partial charge is 0.0666 e. The van der Waals surface area contributed by atoms with Crippen LogP contribution < -0.4 is 0 Å². The summed E-state index contributed by atoms with van der Waals surface area (Å²) in [5.41, 5.74) is 1.10. The molecule has 0 fully saturated rings. The lowest BCUT2D eigenvalue weighted by Gasteiger charge is -2.13. The average molecular weight is 178 g/mol. The maximum atomic E-state index is 8.41. The summed E-state index contributed by atoms with van der Waals surface area (Å²) < 4.78 is 0. The molecule has 0 N–H and O–H groups in total. The van der Waals surface area contributed by atoms with Crippen molar-refractivity contribution in [2.75, 3.05) is 13.1 Å². The highest BCUT2D eigenvalue weighted by Gasteiger charge is 1.88. The summed E-state index contributed by atoms with van der Waals surface area (Å²) in [4.78, 5) is 2.20. The van der Waals surface area contributed by atoms with Crippen LogP contribution in [0.25, 0.3) is 0 Å². The standard InChI is InChI=1S/C11H18N2/c1-4-13(5-2)10-6-7-11(3)8-9-12/h6-7,10H,4-5,8H2,1-3H3. The van der Waals surface area contributed by atoms with Gasteiger partial charge in [-0.05, 0) is 33.0 Å². The van der Waals surface area contributed by atoms with Gasteiger partial charge < -0.3 is 4.90 Å². The van der Waals surface area contributed by atoms with Crippen molar-refractivity contribution in [1.82, 2.24) is 4.90 Å². The molecular weight excluding hydrogens is 160 g/mol. The van der Waals surface area contributed by atoms with Crippen molar-refractivity contribution in [3.05, 3.63) is 23.9 Å². The molecule has 2 heteroatoms. The van der Waals surface area contributed by atoms with Crippen LogP contribution in [0.2, 0.25) is 0 Å². The topological polar surface area (TPSA) is 27.0 Å². The lowest BCUT2D eigenvalue weighted by atomic mass is 10.2. The Morgan fingerprint density at radius 1 is 1.38 bits per heavy atom. The van der Waals surface area contributed by atoms with Crippen LogP contribution in [0.5, 0.6) is 0 Å². The van der Waals surface area contributed by atoms with Crippen LogP contribution in [-0.4, -0.2) is 18.0 Å². The summed E-state index contributed by atoms with van der Waals surface area (Å²) in [6, 6.07) is 2.12. The number of hydrogen-bond donors (Lipinski definition) is 0. The van der Waals surface area contributed by atoms with Crippen molar-refractivity contribution >= 4 is 0 Å². The third-order valence-corrected chi connectivity index (χ3v) is 1.85. The van der Waals surface area contributed by atoms with Crippen LogP contribution >= 0.6 is 0 Å². The minimum atomic E-state index is 0.516. The van der Waals surface area contributed by atoms with Gasteiger partial charge in [-0.15, -0.1) is 0 Å². The second-order valence-corrected chi connectivity index (χ2v) is 2.91. The summed E-state index contributed by atoms with van der Waals surface area (Å²) in [5.74, 6) is 0. The fraction of sp³-hybridized carbons (Fsp3) is 0.545. The monoisotopic (exact) mass is 178 g/mol. The molecule has 0 amide bonds. The van der Waals surface area contributed by atoms with Gasteiger partial charge >= 0.3 is 0 Å². The maximum absolute atomic E-state index is 8.41. The first-order chi connectivity index (χ1) is 6.24. The number of allylic oxidation sites excluding steroid dienone is 3. The van der Waals surface area contributed by atoms with Gasteiger partial charge in [-0.1, -0.05) is 11.6 Å². The van der Waals surface area contributed by atoms with Gasteiger partial charge in [-0.25, -0.2) is 0 Å². The second kappa shape index (κ2) is 7.42. The molecule has 0 radical (unpaired) electrons. The van der Waals surface area contributed by atoms with Crippen LogP contribution in [0.15, 0.2) is 23.9 Å². The zero-order valence-corrected chi connectivity index (χ0v) is 8.75. The molecule has 0 aliphatic rings. The van der Waals surface area contributed by atoms with Gasteiger partial charge in [0.25, 0.3) is 0 Å². The van der Waals surface area contributed by atoms with E-state index in [2.05, 4.69) is 31.0 Å². The Morgan fingerprint density at radius 3 is 2.46 bits per heavy atom. The Hall–Kier alpha value is -1.23. The average Bonchev–Trinajstić information content (AvgIpc) is 2.13. The summed E-state index contributed by atoms with van der Waals surface area (Å²) in [6.45, 7) is 8.27. The minimum absolute atomic E-state index is 0.516. The SMILES string of the molecule is CCN(C=CC=C(C)CC#N)CC. The van der Waals surface area contributed by atoms with E-state index in [4.69, 9.17) is 5.26 Å². The quantitative estimate of drug-likeness (QED) is 0.605. The first-order valence-electron chi connectivity index (χ1n) is 4.69. The highest BCUT2D eigenvalue weighted by molar-refractivity contribution is 5.13. The minimum Gasteiger partial charge on any atom is -0.378 e. The molecule has 0 aromatic heterocycles. The summed E-state index contributed by atoms with van der Waals surface area (Å²) in [6.07, 6.45) is 6.56. The van der Waals surface area contributed by atoms with Gasteiger partial charge in [0, 0.05) is 13.1 Å². The summed E-state index contributed by atoms with van der Waals surface area (Å²) in [7, 11) is 0. The molecule has 0 unspecified atom stereocenters. The van der Waals surface area contributed by atoms with Crippen LogP contribution in [0.3, 0.4) is 0 Å². The van der Waals surface area contributed by atoms with E-state index < -0.39 is 0 Å². The maximum Gasteiger partial charge on any atom is 0.0666 e. The molecule has 0 rings (SSSR count). The molecule has 0 atom stereocenters. The number of nitrogens with zero attached hydrogens (tertiary/aromatic N) is 2. The molecule has 0 heterocycles. The van der Waals surface area contributed by atoms with Crippen molar-refractivity contribution in [3.8, 4) is 6.07 Å². The highest BCUT2D eigenvalue weighted by atomic mass is 15.1. The predicted molar refractivity (Wildman–Crippen MR) is 56.0 cm³/mol. The lowest BCUT2D eigenvalue weighted by molar-refractivity contribution is 0.419. The largest absolute Gasteiger partial charge is 0.378 e. The van der Waals surface area contributed by atoms with Gasteiger partial charge in [-0.3, -0.25) is 0 Å². The molecule has 13 heavy (non-hydrogen) atoms. The van der Waals surface area contributed by atoms with Gasteiger partial charge in [0.05, 0.1) is 12.5 Å². The molecule has 0 saturated heterocycles. The molecule has 72 valence electrons. The molecule has 0 aromatic rings. The first kappa shape index (κ1) is 11.8. The number of nitriles is 1. The number of rotatable bonds is 5. The van der Waals surface area contributed by atoms with Crippen LogP contribution in [0.4, 0.5) is 0 Å². The van der Waals surface area contributed by atoms with Crippen molar-refractivity contribution in [2.24, 2.45) is 0 Å². The van der Waals surface area contributed by atoms with E-state index in [9.17, 15) is 0 Å². The zero-order valence-electron chi connectivity index (χ0n) is 8.75. The Kier molecular flexibility index (Phi) is 6.72. The van der Waals surface area contributed by atoms with E-state index in [-0.39, 0.29) is 0 Å². The fourth-order valence-electron chi connectivity index (χ4n) is 0.947. The lowest BCUT2D eigenvalue weighted by Crippen LogP contribution is -2.14. The van der Waals surface area contributed by atoms with E-state index in [0.717, 1.165) is 18.7 Å². The van der Waals surface area contributed by atoms with E-state index in [0.29, 0.717) is 6.42 Å². The van der Waals surface area contributed by atoms with E-state index >= 15 is 0 Å². The van der Waals surface area contributed by atoms with E-state index in [1.807, 2.05) is 19.1 Å². The third-order valence-electron chi connectivity index (χ3n) is 1.85. The van der Waals surface area contributed by atoms with Gasteiger partial charge in [-0.2, -0.15) is 5.26 Å². The highest BCUT2D eigenvalue weighted by Crippen LogP contribution is 1.98. The summed E-state index contributed by atoms with van der Waals surface area (Å²) in [5, 5.41) is 8.41. The van der Waals surface area contributed by atoms with Crippen molar-refractivity contribution in [1.29, 1.82) is 5.26 Å². The van der Waals surface area contributed by atoms with E-state index in [1.54, 1.807) is 0 Å². The van der Waals surface area contributed by atoms with Gasteiger partial charge in [0.15, 0.2) is 0 Å². The Balaban J connectivity index is 3.98.